The highest BCUT2D eigenvalue weighted by atomic mass is 19.4. The Kier molecular flexibility index (Phi) is 4.06. The Balaban J connectivity index is 2.29. The number of benzene rings is 1. The summed E-state index contributed by atoms with van der Waals surface area (Å²) in [5, 5.41) is 2.59. The number of halogens is 3. The Morgan fingerprint density at radius 2 is 2.00 bits per heavy atom. The van der Waals surface area contributed by atoms with Gasteiger partial charge in [0.2, 0.25) is 5.91 Å². The van der Waals surface area contributed by atoms with Crippen LogP contribution in [0.15, 0.2) is 18.2 Å². The summed E-state index contributed by atoms with van der Waals surface area (Å²) >= 11 is 0. The molecule has 2 rings (SSSR count). The molecule has 0 saturated carbocycles. The van der Waals surface area contributed by atoms with E-state index in [-0.39, 0.29) is 37.5 Å². The zero-order valence-corrected chi connectivity index (χ0v) is 11.0. The summed E-state index contributed by atoms with van der Waals surface area (Å²) in [6.45, 7) is 0.657. The van der Waals surface area contributed by atoms with Crippen molar-refractivity contribution in [2.75, 3.05) is 25.4 Å². The van der Waals surface area contributed by atoms with Crippen LogP contribution in [-0.4, -0.2) is 36.3 Å². The van der Waals surface area contributed by atoms with Crippen LogP contribution in [0.2, 0.25) is 0 Å². The van der Waals surface area contributed by atoms with E-state index < -0.39 is 23.3 Å². The Bertz CT molecular complexity index is 572. The van der Waals surface area contributed by atoms with Crippen molar-refractivity contribution in [2.24, 2.45) is 0 Å². The topological polar surface area (TPSA) is 75.4 Å². The first kappa shape index (κ1) is 15.1. The number of carbonyl (C=O) groups is 2. The van der Waals surface area contributed by atoms with E-state index in [1.165, 1.54) is 11.0 Å². The van der Waals surface area contributed by atoms with Crippen molar-refractivity contribution in [2.45, 2.75) is 12.6 Å². The average Bonchev–Trinajstić information content (AvgIpc) is 2.62. The summed E-state index contributed by atoms with van der Waals surface area (Å²) in [5.41, 5.74) is 3.68. The van der Waals surface area contributed by atoms with Gasteiger partial charge in [-0.3, -0.25) is 9.59 Å². The molecule has 0 atom stereocenters. The Hall–Kier alpha value is -2.25. The maximum atomic E-state index is 12.8. The molecule has 1 aliphatic heterocycles. The molecule has 0 aliphatic carbocycles. The highest BCUT2D eigenvalue weighted by Crippen LogP contribution is 2.35. The zero-order valence-electron chi connectivity index (χ0n) is 11.0. The second kappa shape index (κ2) is 5.63. The fourth-order valence-corrected chi connectivity index (χ4v) is 2.14. The number of carbonyl (C=O) groups excluding carboxylic acids is 2. The van der Waals surface area contributed by atoms with Crippen LogP contribution < -0.4 is 11.1 Å². The predicted molar refractivity (Wildman–Crippen MR) is 69.4 cm³/mol. The van der Waals surface area contributed by atoms with Crippen molar-refractivity contribution in [3.05, 3.63) is 29.3 Å². The van der Waals surface area contributed by atoms with Crippen molar-refractivity contribution in [1.29, 1.82) is 0 Å². The second-order valence-corrected chi connectivity index (χ2v) is 4.66. The van der Waals surface area contributed by atoms with E-state index in [0.717, 1.165) is 12.1 Å². The molecule has 1 heterocycles. The average molecular weight is 301 g/mol. The lowest BCUT2D eigenvalue weighted by Gasteiger charge is -2.21. The normalized spacial score (nSPS) is 16.3. The lowest BCUT2D eigenvalue weighted by Crippen LogP contribution is -2.35. The van der Waals surface area contributed by atoms with E-state index in [0.29, 0.717) is 0 Å². The highest BCUT2D eigenvalue weighted by molar-refractivity contribution is 6.00. The number of nitrogens with two attached hydrogens (primary N) is 1. The van der Waals surface area contributed by atoms with Gasteiger partial charge in [0, 0.05) is 26.1 Å². The van der Waals surface area contributed by atoms with Crippen molar-refractivity contribution >= 4 is 17.5 Å². The van der Waals surface area contributed by atoms with Gasteiger partial charge < -0.3 is 16.0 Å². The molecule has 0 aromatic heterocycles. The Morgan fingerprint density at radius 1 is 1.29 bits per heavy atom. The molecule has 1 aliphatic rings. The summed E-state index contributed by atoms with van der Waals surface area (Å²) in [7, 11) is 0. The molecule has 1 fully saturated rings. The number of alkyl halides is 3. The van der Waals surface area contributed by atoms with Gasteiger partial charge in [0.25, 0.3) is 5.91 Å². The number of para-hydroxylation sites is 1. The van der Waals surface area contributed by atoms with Crippen LogP contribution in [0.1, 0.15) is 22.3 Å². The monoisotopic (exact) mass is 301 g/mol. The molecule has 5 nitrogen and oxygen atoms in total. The molecule has 1 aromatic rings. The largest absolute Gasteiger partial charge is 0.418 e. The van der Waals surface area contributed by atoms with Gasteiger partial charge in [-0.2, -0.15) is 13.2 Å². The number of anilines is 1. The number of nitrogens with one attached hydrogen (secondary N) is 1. The van der Waals surface area contributed by atoms with E-state index in [1.807, 2.05) is 0 Å². The molecule has 8 heteroatoms. The molecule has 21 heavy (non-hydrogen) atoms. The van der Waals surface area contributed by atoms with E-state index in [4.69, 9.17) is 5.73 Å². The minimum atomic E-state index is -4.61. The van der Waals surface area contributed by atoms with Gasteiger partial charge in [-0.05, 0) is 12.1 Å². The molecular formula is C13H14F3N3O2. The van der Waals surface area contributed by atoms with Gasteiger partial charge in [0.1, 0.15) is 0 Å². The van der Waals surface area contributed by atoms with Crippen molar-refractivity contribution in [3.63, 3.8) is 0 Å². The number of nitrogen functional groups attached to an aromatic ring is 1. The number of rotatable bonds is 1. The minimum Gasteiger partial charge on any atom is -0.398 e. The maximum absolute atomic E-state index is 12.8. The van der Waals surface area contributed by atoms with Gasteiger partial charge >= 0.3 is 6.18 Å². The zero-order chi connectivity index (χ0) is 15.6. The van der Waals surface area contributed by atoms with Crippen LogP contribution in [-0.2, 0) is 11.0 Å². The van der Waals surface area contributed by atoms with E-state index in [2.05, 4.69) is 5.32 Å². The van der Waals surface area contributed by atoms with Crippen LogP contribution in [0.3, 0.4) is 0 Å². The fraction of sp³-hybridized carbons (Fsp3) is 0.385. The molecule has 1 aromatic carbocycles. The third-order valence-corrected chi connectivity index (χ3v) is 3.24. The van der Waals surface area contributed by atoms with E-state index >= 15 is 0 Å². The summed E-state index contributed by atoms with van der Waals surface area (Å²) in [6, 6.07) is 3.24. The van der Waals surface area contributed by atoms with Crippen LogP contribution in [0.25, 0.3) is 0 Å². The summed E-state index contributed by atoms with van der Waals surface area (Å²) in [4.78, 5) is 24.8. The molecule has 0 spiro atoms. The van der Waals surface area contributed by atoms with E-state index in [9.17, 15) is 22.8 Å². The minimum absolute atomic E-state index is 0.116. The maximum Gasteiger partial charge on any atom is 0.418 e. The molecule has 0 unspecified atom stereocenters. The lowest BCUT2D eigenvalue weighted by molar-refractivity contribution is -0.136. The fourth-order valence-electron chi connectivity index (χ4n) is 2.14. The summed E-state index contributed by atoms with van der Waals surface area (Å²) < 4.78 is 38.4. The third kappa shape index (κ3) is 3.26. The number of nitrogens with zero attached hydrogens (tertiary/aromatic N) is 1. The first-order chi connectivity index (χ1) is 9.80. The Morgan fingerprint density at radius 3 is 2.67 bits per heavy atom. The SMILES string of the molecule is Nc1c(C(=O)N2CCNC(=O)CC2)cccc1C(F)(F)F. The summed E-state index contributed by atoms with van der Waals surface area (Å²) in [5.74, 6) is -0.794. The van der Waals surface area contributed by atoms with Crippen molar-refractivity contribution in [3.8, 4) is 0 Å². The third-order valence-electron chi connectivity index (χ3n) is 3.24. The van der Waals surface area contributed by atoms with Gasteiger partial charge in [-0.15, -0.1) is 0 Å². The van der Waals surface area contributed by atoms with Crippen LogP contribution in [0, 0.1) is 0 Å². The standard InChI is InChI=1S/C13H14F3N3O2/c14-13(15,16)9-3-1-2-8(11(9)17)12(21)19-6-4-10(20)18-5-7-19/h1-3H,4-7,17H2,(H,18,20). The van der Waals surface area contributed by atoms with Gasteiger partial charge in [0.05, 0.1) is 16.8 Å². The van der Waals surface area contributed by atoms with Crippen LogP contribution in [0.4, 0.5) is 18.9 Å². The second-order valence-electron chi connectivity index (χ2n) is 4.66. The molecule has 114 valence electrons. The molecule has 3 N–H and O–H groups in total. The first-order valence-corrected chi connectivity index (χ1v) is 6.32. The number of hydrogen-bond acceptors (Lipinski definition) is 3. The van der Waals surface area contributed by atoms with Crippen LogP contribution >= 0.6 is 0 Å². The highest BCUT2D eigenvalue weighted by Gasteiger charge is 2.35. The van der Waals surface area contributed by atoms with Gasteiger partial charge in [0.15, 0.2) is 0 Å². The molecule has 0 bridgehead atoms. The first-order valence-electron chi connectivity index (χ1n) is 6.32. The molecule has 1 saturated heterocycles. The van der Waals surface area contributed by atoms with Crippen molar-refractivity contribution in [1.82, 2.24) is 10.2 Å². The smallest absolute Gasteiger partial charge is 0.398 e. The van der Waals surface area contributed by atoms with Gasteiger partial charge in [-0.1, -0.05) is 6.07 Å². The van der Waals surface area contributed by atoms with Crippen molar-refractivity contribution < 1.29 is 22.8 Å². The Labute approximate surface area is 118 Å². The van der Waals surface area contributed by atoms with Crippen LogP contribution in [0.5, 0.6) is 0 Å². The van der Waals surface area contributed by atoms with E-state index in [1.54, 1.807) is 0 Å². The lowest BCUT2D eigenvalue weighted by atomic mass is 10.1. The molecule has 2 amide bonds. The molecular weight excluding hydrogens is 287 g/mol. The summed E-state index contributed by atoms with van der Waals surface area (Å²) in [6.07, 6.45) is -4.50. The predicted octanol–water partition coefficient (Wildman–Crippen LogP) is 1.25. The van der Waals surface area contributed by atoms with Gasteiger partial charge in [-0.25, -0.2) is 0 Å². The molecule has 0 radical (unpaired) electrons. The quantitative estimate of drug-likeness (QED) is 0.767. The number of amides is 2. The number of hydrogen-bond donors (Lipinski definition) is 2.